The topological polar surface area (TPSA) is 58.3 Å². The zero-order chi connectivity index (χ0) is 15.8. The van der Waals surface area contributed by atoms with Crippen LogP contribution in [-0.4, -0.2) is 45.8 Å². The van der Waals surface area contributed by atoms with Gasteiger partial charge in [0.15, 0.2) is 5.96 Å². The second-order valence-electron chi connectivity index (χ2n) is 5.02. The van der Waals surface area contributed by atoms with Crippen LogP contribution in [0.3, 0.4) is 0 Å². The molecular formula is C15H24N6S. The van der Waals surface area contributed by atoms with E-state index in [1.165, 1.54) is 5.56 Å². The quantitative estimate of drug-likeness (QED) is 0.626. The van der Waals surface area contributed by atoms with Gasteiger partial charge in [0, 0.05) is 33.1 Å². The molecule has 0 aliphatic carbocycles. The zero-order valence-electron chi connectivity index (χ0n) is 13.5. The second-order valence-corrected chi connectivity index (χ2v) is 5.80. The van der Waals surface area contributed by atoms with Gasteiger partial charge < -0.3 is 14.8 Å². The molecule has 1 N–H and O–H groups in total. The molecule has 2 aromatic rings. The molecule has 0 saturated heterocycles. The molecule has 0 unspecified atom stereocenters. The molecule has 0 atom stereocenters. The van der Waals surface area contributed by atoms with Gasteiger partial charge in [-0.15, -0.1) is 10.2 Å². The highest BCUT2D eigenvalue weighted by molar-refractivity contribution is 7.07. The largest absolute Gasteiger partial charge is 0.357 e. The standard InChI is InChI=1S/C15H24N6S/c1-4-14-19-18-12-21(14)8-7-17-15(16-5-2)20(3)10-13-6-9-22-11-13/h6,9,11-12H,4-5,7-8,10H2,1-3H3,(H,16,17). The van der Waals surface area contributed by atoms with E-state index < -0.39 is 0 Å². The number of hydrogen-bond donors (Lipinski definition) is 1. The third kappa shape index (κ3) is 4.56. The highest BCUT2D eigenvalue weighted by Crippen LogP contribution is 2.08. The van der Waals surface area contributed by atoms with Crippen molar-refractivity contribution in [3.63, 3.8) is 0 Å². The highest BCUT2D eigenvalue weighted by Gasteiger charge is 2.07. The molecule has 0 spiro atoms. The Morgan fingerprint density at radius 1 is 1.45 bits per heavy atom. The summed E-state index contributed by atoms with van der Waals surface area (Å²) in [7, 11) is 2.06. The van der Waals surface area contributed by atoms with Gasteiger partial charge in [-0.25, -0.2) is 0 Å². The third-order valence-electron chi connectivity index (χ3n) is 3.31. The molecule has 2 rings (SSSR count). The van der Waals surface area contributed by atoms with Crippen molar-refractivity contribution in [1.82, 2.24) is 25.0 Å². The monoisotopic (exact) mass is 320 g/mol. The molecule has 0 aliphatic heterocycles. The van der Waals surface area contributed by atoms with Gasteiger partial charge >= 0.3 is 0 Å². The van der Waals surface area contributed by atoms with Crippen LogP contribution in [0, 0.1) is 0 Å². The van der Waals surface area contributed by atoms with E-state index in [-0.39, 0.29) is 0 Å². The van der Waals surface area contributed by atoms with Crippen LogP contribution in [0.1, 0.15) is 25.2 Å². The minimum atomic E-state index is 0.710. The van der Waals surface area contributed by atoms with E-state index in [4.69, 9.17) is 4.99 Å². The van der Waals surface area contributed by atoms with Crippen LogP contribution in [-0.2, 0) is 19.5 Å². The predicted octanol–water partition coefficient (Wildman–Crippen LogP) is 2.00. The van der Waals surface area contributed by atoms with Crippen molar-refractivity contribution in [2.75, 3.05) is 20.1 Å². The Hall–Kier alpha value is -1.89. The third-order valence-corrected chi connectivity index (χ3v) is 4.04. The minimum Gasteiger partial charge on any atom is -0.357 e. The van der Waals surface area contributed by atoms with Crippen LogP contribution in [0.2, 0.25) is 0 Å². The number of nitrogens with zero attached hydrogens (tertiary/aromatic N) is 5. The van der Waals surface area contributed by atoms with Gasteiger partial charge in [-0.3, -0.25) is 4.99 Å². The first kappa shape index (κ1) is 16.5. The first-order valence-electron chi connectivity index (χ1n) is 7.61. The van der Waals surface area contributed by atoms with Crippen LogP contribution in [0.4, 0.5) is 0 Å². The second kappa shape index (κ2) is 8.53. The molecule has 2 heterocycles. The summed E-state index contributed by atoms with van der Waals surface area (Å²) >= 11 is 1.72. The summed E-state index contributed by atoms with van der Waals surface area (Å²) in [4.78, 5) is 6.85. The Bertz CT molecular complexity index is 575. The van der Waals surface area contributed by atoms with E-state index in [2.05, 4.69) is 62.7 Å². The van der Waals surface area contributed by atoms with Crippen molar-refractivity contribution >= 4 is 17.3 Å². The maximum absolute atomic E-state index is 4.70. The van der Waals surface area contributed by atoms with Crippen molar-refractivity contribution in [3.8, 4) is 0 Å². The number of hydrogen-bond acceptors (Lipinski definition) is 4. The predicted molar refractivity (Wildman–Crippen MR) is 91.2 cm³/mol. The Balaban J connectivity index is 1.94. The molecule has 0 amide bonds. The fraction of sp³-hybridized carbons (Fsp3) is 0.533. The van der Waals surface area contributed by atoms with Crippen LogP contribution in [0.25, 0.3) is 0 Å². The summed E-state index contributed by atoms with van der Waals surface area (Å²) in [5, 5.41) is 15.7. The van der Waals surface area contributed by atoms with Gasteiger partial charge in [0.05, 0.1) is 6.54 Å². The van der Waals surface area contributed by atoms with E-state index in [0.29, 0.717) is 6.54 Å². The summed E-state index contributed by atoms with van der Waals surface area (Å²) in [6.45, 7) is 7.41. The minimum absolute atomic E-state index is 0.710. The van der Waals surface area contributed by atoms with Crippen molar-refractivity contribution in [3.05, 3.63) is 34.5 Å². The number of thiophene rings is 1. The van der Waals surface area contributed by atoms with Crippen molar-refractivity contribution in [1.29, 1.82) is 0 Å². The normalized spacial score (nSPS) is 11.7. The first-order chi connectivity index (χ1) is 10.7. The van der Waals surface area contributed by atoms with E-state index in [0.717, 1.165) is 37.8 Å². The van der Waals surface area contributed by atoms with Crippen LogP contribution in [0.15, 0.2) is 28.1 Å². The number of aliphatic imine (C=N–C) groups is 1. The number of nitrogens with one attached hydrogen (secondary N) is 1. The van der Waals surface area contributed by atoms with E-state index in [1.807, 2.05) is 0 Å². The highest BCUT2D eigenvalue weighted by atomic mass is 32.1. The van der Waals surface area contributed by atoms with Gasteiger partial charge in [-0.1, -0.05) is 6.92 Å². The molecular weight excluding hydrogens is 296 g/mol. The lowest BCUT2D eigenvalue weighted by Gasteiger charge is -2.21. The van der Waals surface area contributed by atoms with Crippen LogP contribution < -0.4 is 5.32 Å². The van der Waals surface area contributed by atoms with Crippen LogP contribution in [0.5, 0.6) is 0 Å². The maximum Gasteiger partial charge on any atom is 0.194 e. The SMILES string of the molecule is CCNC(=NCCn1cnnc1CC)N(C)Cc1ccsc1. The van der Waals surface area contributed by atoms with Crippen molar-refractivity contribution < 1.29 is 0 Å². The fourth-order valence-corrected chi connectivity index (χ4v) is 2.86. The number of guanidine groups is 1. The average Bonchev–Trinajstić information content (AvgIpc) is 3.17. The van der Waals surface area contributed by atoms with Gasteiger partial charge in [-0.2, -0.15) is 11.3 Å². The lowest BCUT2D eigenvalue weighted by atomic mass is 10.3. The molecule has 7 heteroatoms. The summed E-state index contributed by atoms with van der Waals surface area (Å²) in [5.74, 6) is 1.94. The summed E-state index contributed by atoms with van der Waals surface area (Å²) in [5.41, 5.74) is 1.31. The molecule has 0 aromatic carbocycles. The van der Waals surface area contributed by atoms with Crippen molar-refractivity contribution in [2.24, 2.45) is 4.99 Å². The molecule has 0 bridgehead atoms. The molecule has 0 aliphatic rings. The van der Waals surface area contributed by atoms with E-state index >= 15 is 0 Å². The van der Waals surface area contributed by atoms with Crippen LogP contribution >= 0.6 is 11.3 Å². The molecule has 0 fully saturated rings. The Morgan fingerprint density at radius 3 is 3.00 bits per heavy atom. The molecule has 0 saturated carbocycles. The Kier molecular flexibility index (Phi) is 6.39. The summed E-state index contributed by atoms with van der Waals surface area (Å²) in [6, 6.07) is 2.15. The molecule has 6 nitrogen and oxygen atoms in total. The summed E-state index contributed by atoms with van der Waals surface area (Å²) < 4.78 is 2.06. The van der Waals surface area contributed by atoms with Gasteiger partial charge in [0.25, 0.3) is 0 Å². The van der Waals surface area contributed by atoms with E-state index in [1.54, 1.807) is 17.7 Å². The molecule has 120 valence electrons. The zero-order valence-corrected chi connectivity index (χ0v) is 14.3. The van der Waals surface area contributed by atoms with Crippen molar-refractivity contribution in [2.45, 2.75) is 33.4 Å². The number of rotatable bonds is 7. The maximum atomic E-state index is 4.70. The van der Waals surface area contributed by atoms with E-state index in [9.17, 15) is 0 Å². The Morgan fingerprint density at radius 2 is 2.32 bits per heavy atom. The molecule has 0 radical (unpaired) electrons. The molecule has 2 aromatic heterocycles. The lowest BCUT2D eigenvalue weighted by Crippen LogP contribution is -2.38. The van der Waals surface area contributed by atoms with Gasteiger partial charge in [0.1, 0.15) is 12.2 Å². The first-order valence-corrected chi connectivity index (χ1v) is 8.56. The number of aromatic nitrogens is 3. The smallest absolute Gasteiger partial charge is 0.194 e. The summed E-state index contributed by atoms with van der Waals surface area (Å²) in [6.07, 6.45) is 2.66. The Labute approximate surface area is 135 Å². The molecule has 22 heavy (non-hydrogen) atoms. The fourth-order valence-electron chi connectivity index (χ4n) is 2.20. The lowest BCUT2D eigenvalue weighted by molar-refractivity contribution is 0.476. The average molecular weight is 320 g/mol. The van der Waals surface area contributed by atoms with Gasteiger partial charge in [-0.05, 0) is 29.3 Å². The number of aryl methyl sites for hydroxylation is 1. The van der Waals surface area contributed by atoms with Gasteiger partial charge in [0.2, 0.25) is 0 Å².